The van der Waals surface area contributed by atoms with E-state index < -0.39 is 6.10 Å². The molecule has 0 spiro atoms. The summed E-state index contributed by atoms with van der Waals surface area (Å²) in [5.41, 5.74) is 4.32. The molecule has 4 nitrogen and oxygen atoms in total. The minimum Gasteiger partial charge on any atom is -0.394 e. The average Bonchev–Trinajstić information content (AvgIpc) is 2.68. The zero-order valence-corrected chi connectivity index (χ0v) is 14.4. The number of nitriles is 1. The van der Waals surface area contributed by atoms with E-state index in [1.165, 1.54) is 0 Å². The van der Waals surface area contributed by atoms with E-state index in [0.717, 1.165) is 22.3 Å². The second kappa shape index (κ2) is 8.17. The van der Waals surface area contributed by atoms with Crippen LogP contribution in [0.15, 0.2) is 42.5 Å². The zero-order chi connectivity index (χ0) is 18.5. The molecule has 0 saturated carbocycles. The van der Waals surface area contributed by atoms with E-state index in [0.29, 0.717) is 24.8 Å². The molecular weight excluding hydrogens is 326 g/mol. The fourth-order valence-electron chi connectivity index (χ4n) is 3.33. The lowest BCUT2D eigenvalue weighted by Gasteiger charge is -2.32. The van der Waals surface area contributed by atoms with E-state index in [9.17, 15) is 15.5 Å². The van der Waals surface area contributed by atoms with Crippen molar-refractivity contribution in [2.45, 2.75) is 37.6 Å². The quantitative estimate of drug-likeness (QED) is 0.834. The molecule has 1 heterocycles. The Hall–Kier alpha value is -2.63. The minimum atomic E-state index is -0.499. The van der Waals surface area contributed by atoms with Gasteiger partial charge in [-0.25, -0.2) is 0 Å². The summed E-state index contributed by atoms with van der Waals surface area (Å²) in [6, 6.07) is 15.6. The van der Waals surface area contributed by atoms with Crippen molar-refractivity contribution in [3.8, 4) is 18.4 Å². The number of hydrogen-bond donors (Lipinski definition) is 2. The molecule has 1 saturated heterocycles. The van der Waals surface area contributed by atoms with Crippen molar-refractivity contribution in [1.82, 2.24) is 0 Å². The first kappa shape index (κ1) is 18.2. The molecule has 0 unspecified atom stereocenters. The molecule has 3 atom stereocenters. The molecule has 0 bridgehead atoms. The first-order chi connectivity index (χ1) is 12.6. The maximum absolute atomic E-state index is 10.0. The molecule has 1 fully saturated rings. The third kappa shape index (κ3) is 4.12. The van der Waals surface area contributed by atoms with Gasteiger partial charge in [-0.3, -0.25) is 0 Å². The monoisotopic (exact) mass is 347 g/mol. The largest absolute Gasteiger partial charge is 0.394 e. The van der Waals surface area contributed by atoms with Gasteiger partial charge in [-0.15, -0.1) is 6.42 Å². The molecular formula is C22H21NO3. The molecule has 0 radical (unpaired) electrons. The topological polar surface area (TPSA) is 73.5 Å². The molecule has 132 valence electrons. The van der Waals surface area contributed by atoms with Gasteiger partial charge in [0.05, 0.1) is 36.6 Å². The van der Waals surface area contributed by atoms with Crippen molar-refractivity contribution in [3.05, 3.63) is 70.3 Å². The molecule has 0 aromatic heterocycles. The van der Waals surface area contributed by atoms with Crippen molar-refractivity contribution in [1.29, 1.82) is 5.26 Å². The molecule has 2 N–H and O–H groups in total. The number of aliphatic hydroxyl groups excluding tert-OH is 2. The standard InChI is InChI=1S/C22H21NO3/c1-2-15-3-5-16(6-4-15)9-19-10-17(7-8-18(19)13-23)22-12-20(25)11-21(14-24)26-22/h1,3-8,10,20-22,24-25H,9,11-12,14H2/t20-,21-,22+/m0/s1. The lowest BCUT2D eigenvalue weighted by Crippen LogP contribution is -2.33. The van der Waals surface area contributed by atoms with Gasteiger partial charge >= 0.3 is 0 Å². The van der Waals surface area contributed by atoms with Crippen LogP contribution in [0.25, 0.3) is 0 Å². The van der Waals surface area contributed by atoms with Crippen LogP contribution in [0.4, 0.5) is 0 Å². The van der Waals surface area contributed by atoms with Crippen LogP contribution in [0.3, 0.4) is 0 Å². The van der Waals surface area contributed by atoms with E-state index in [4.69, 9.17) is 11.2 Å². The Balaban J connectivity index is 1.86. The highest BCUT2D eigenvalue weighted by Gasteiger charge is 2.29. The predicted octanol–water partition coefficient (Wildman–Crippen LogP) is 2.70. The van der Waals surface area contributed by atoms with Crippen LogP contribution in [0.2, 0.25) is 0 Å². The van der Waals surface area contributed by atoms with E-state index in [-0.39, 0.29) is 18.8 Å². The van der Waals surface area contributed by atoms with Crippen molar-refractivity contribution >= 4 is 0 Å². The van der Waals surface area contributed by atoms with Gasteiger partial charge in [0.2, 0.25) is 0 Å². The second-order valence-electron chi connectivity index (χ2n) is 6.60. The number of terminal acetylenes is 1. The Labute approximate surface area is 153 Å². The summed E-state index contributed by atoms with van der Waals surface area (Å²) in [6.45, 7) is -0.113. The van der Waals surface area contributed by atoms with Gasteiger partial charge in [-0.1, -0.05) is 30.2 Å². The number of ether oxygens (including phenoxy) is 1. The lowest BCUT2D eigenvalue weighted by atomic mass is 9.92. The number of rotatable bonds is 4. The Morgan fingerprint density at radius 1 is 1.15 bits per heavy atom. The molecule has 26 heavy (non-hydrogen) atoms. The summed E-state index contributed by atoms with van der Waals surface area (Å²) in [5.74, 6) is 2.59. The SMILES string of the molecule is C#Cc1ccc(Cc2cc([C@H]3C[C@@H](O)C[C@@H](CO)O3)ccc2C#N)cc1. The summed E-state index contributed by atoms with van der Waals surface area (Å²) >= 11 is 0. The van der Waals surface area contributed by atoms with Gasteiger partial charge in [-0.2, -0.15) is 5.26 Å². The van der Waals surface area contributed by atoms with E-state index in [1.807, 2.05) is 36.4 Å². The van der Waals surface area contributed by atoms with Crippen LogP contribution in [0.5, 0.6) is 0 Å². The van der Waals surface area contributed by atoms with Crippen LogP contribution in [0.1, 0.15) is 46.8 Å². The van der Waals surface area contributed by atoms with Gasteiger partial charge in [0.1, 0.15) is 0 Å². The summed E-state index contributed by atoms with van der Waals surface area (Å²) in [5, 5.41) is 28.8. The molecule has 1 aliphatic heterocycles. The number of hydrogen-bond acceptors (Lipinski definition) is 4. The Kier molecular flexibility index (Phi) is 5.71. The van der Waals surface area contributed by atoms with Crippen LogP contribution < -0.4 is 0 Å². The van der Waals surface area contributed by atoms with Crippen LogP contribution in [0, 0.1) is 23.7 Å². The van der Waals surface area contributed by atoms with Gasteiger partial charge < -0.3 is 14.9 Å². The highest BCUT2D eigenvalue weighted by atomic mass is 16.5. The molecule has 2 aromatic rings. The molecule has 2 aromatic carbocycles. The second-order valence-corrected chi connectivity index (χ2v) is 6.60. The van der Waals surface area contributed by atoms with Gasteiger partial charge in [0, 0.05) is 18.4 Å². The smallest absolute Gasteiger partial charge is 0.0994 e. The first-order valence-electron chi connectivity index (χ1n) is 8.65. The van der Waals surface area contributed by atoms with Crippen LogP contribution >= 0.6 is 0 Å². The molecule has 0 aliphatic carbocycles. The number of aliphatic hydroxyl groups is 2. The maximum Gasteiger partial charge on any atom is 0.0994 e. The molecule has 3 rings (SSSR count). The molecule has 0 amide bonds. The fourth-order valence-corrected chi connectivity index (χ4v) is 3.33. The van der Waals surface area contributed by atoms with Crippen molar-refractivity contribution in [2.75, 3.05) is 6.61 Å². The minimum absolute atomic E-state index is 0.113. The predicted molar refractivity (Wildman–Crippen MR) is 98.3 cm³/mol. The number of benzene rings is 2. The van der Waals surface area contributed by atoms with Crippen molar-refractivity contribution < 1.29 is 14.9 Å². The summed E-state index contributed by atoms with van der Waals surface area (Å²) in [7, 11) is 0. The molecule has 1 aliphatic rings. The Morgan fingerprint density at radius 3 is 2.58 bits per heavy atom. The Morgan fingerprint density at radius 2 is 1.92 bits per heavy atom. The summed E-state index contributed by atoms with van der Waals surface area (Å²) < 4.78 is 5.89. The van der Waals surface area contributed by atoms with Crippen molar-refractivity contribution in [3.63, 3.8) is 0 Å². The third-order valence-electron chi connectivity index (χ3n) is 4.72. The molecule has 4 heteroatoms. The highest BCUT2D eigenvalue weighted by Crippen LogP contribution is 2.32. The van der Waals surface area contributed by atoms with E-state index in [2.05, 4.69) is 12.0 Å². The van der Waals surface area contributed by atoms with E-state index in [1.54, 1.807) is 6.07 Å². The third-order valence-corrected chi connectivity index (χ3v) is 4.72. The van der Waals surface area contributed by atoms with Gasteiger partial charge in [0.25, 0.3) is 0 Å². The number of nitrogens with zero attached hydrogens (tertiary/aromatic N) is 1. The van der Waals surface area contributed by atoms with Gasteiger partial charge in [-0.05, 0) is 41.3 Å². The van der Waals surface area contributed by atoms with Crippen LogP contribution in [-0.4, -0.2) is 29.0 Å². The zero-order valence-electron chi connectivity index (χ0n) is 14.4. The summed E-state index contributed by atoms with van der Waals surface area (Å²) in [6.07, 6.45) is 5.78. The maximum atomic E-state index is 10.0. The normalized spacial score (nSPS) is 22.4. The average molecular weight is 347 g/mol. The van der Waals surface area contributed by atoms with Crippen LogP contribution in [-0.2, 0) is 11.2 Å². The van der Waals surface area contributed by atoms with Crippen molar-refractivity contribution in [2.24, 2.45) is 0 Å². The highest BCUT2D eigenvalue weighted by molar-refractivity contribution is 5.44. The van der Waals surface area contributed by atoms with Gasteiger partial charge in [0.15, 0.2) is 0 Å². The summed E-state index contributed by atoms with van der Waals surface area (Å²) in [4.78, 5) is 0. The van der Waals surface area contributed by atoms with E-state index >= 15 is 0 Å². The Bertz CT molecular complexity index is 845. The first-order valence-corrected chi connectivity index (χ1v) is 8.65. The fraction of sp³-hybridized carbons (Fsp3) is 0.318. The lowest BCUT2D eigenvalue weighted by molar-refractivity contribution is -0.113.